The summed E-state index contributed by atoms with van der Waals surface area (Å²) in [6.07, 6.45) is 0.524. The monoisotopic (exact) mass is 770 g/mol. The Bertz CT molecular complexity index is 3100. The first-order chi connectivity index (χ1) is 28.1. The highest BCUT2D eigenvalue weighted by Crippen LogP contribution is 2.44. The summed E-state index contributed by atoms with van der Waals surface area (Å²) in [5.41, 5.74) is 5.94. The van der Waals surface area contributed by atoms with E-state index in [0.29, 0.717) is 11.1 Å². The molecule has 4 heterocycles. The summed E-state index contributed by atoms with van der Waals surface area (Å²) in [6.45, 7) is 0. The van der Waals surface area contributed by atoms with E-state index in [-0.39, 0.29) is 0 Å². The molecule has 1 aliphatic rings. The highest BCUT2D eigenvalue weighted by Gasteiger charge is 2.51. The molecule has 0 amide bonds. The summed E-state index contributed by atoms with van der Waals surface area (Å²) in [5, 5.41) is 7.66. The van der Waals surface area contributed by atoms with Gasteiger partial charge in [0.2, 0.25) is 0 Å². The predicted octanol–water partition coefficient (Wildman–Crippen LogP) is 10.2. The van der Waals surface area contributed by atoms with Crippen LogP contribution in [0.2, 0.25) is 0 Å². The Hall–Kier alpha value is -6.67. The van der Waals surface area contributed by atoms with Crippen molar-refractivity contribution in [2.24, 2.45) is 7.05 Å². The van der Waals surface area contributed by atoms with Gasteiger partial charge in [-0.15, -0.1) is 11.3 Å². The van der Waals surface area contributed by atoms with E-state index in [0.717, 1.165) is 39.6 Å². The summed E-state index contributed by atoms with van der Waals surface area (Å²) in [5.74, 6) is 1.68. The first-order valence-corrected chi connectivity index (χ1v) is 22.0. The molecule has 1 aliphatic heterocycles. The molecule has 7 aromatic carbocycles. The number of fused-ring (bicyclic) bond motifs is 7. The van der Waals surface area contributed by atoms with Gasteiger partial charge < -0.3 is 4.57 Å². The number of nitrogens with zero attached hydrogens (tertiary/aromatic N) is 4. The van der Waals surface area contributed by atoms with Gasteiger partial charge in [-0.05, 0) is 86.5 Å². The minimum absolute atomic E-state index is 0.580. The van der Waals surface area contributed by atoms with Crippen LogP contribution in [0.3, 0.4) is 0 Å². The fraction of sp³-hybridized carbons (Fsp3) is 0.0400. The van der Waals surface area contributed by atoms with Gasteiger partial charge >= 0.3 is 0 Å². The normalized spacial score (nSPS) is 13.8. The van der Waals surface area contributed by atoms with E-state index in [4.69, 9.17) is 9.97 Å². The van der Waals surface area contributed by atoms with Crippen LogP contribution >= 0.6 is 11.3 Å². The van der Waals surface area contributed by atoms with Gasteiger partial charge in [0, 0.05) is 50.4 Å². The summed E-state index contributed by atoms with van der Waals surface area (Å²) in [4.78, 5) is 12.4. The maximum absolute atomic E-state index is 17.1. The van der Waals surface area contributed by atoms with Crippen molar-refractivity contribution in [3.63, 3.8) is 0 Å². The Morgan fingerprint density at radius 2 is 1.33 bits per heavy atom. The van der Waals surface area contributed by atoms with E-state index in [1.165, 1.54) is 40.9 Å². The van der Waals surface area contributed by atoms with Gasteiger partial charge in [0.25, 0.3) is 0 Å². The summed E-state index contributed by atoms with van der Waals surface area (Å²) >= 11 is 1.84. The van der Waals surface area contributed by atoms with Crippen LogP contribution in [0.4, 0.5) is 21.6 Å². The number of imidazole rings is 1. The molecule has 0 fully saturated rings. The van der Waals surface area contributed by atoms with Crippen molar-refractivity contribution in [3.05, 3.63) is 199 Å². The Labute approximate surface area is 334 Å². The number of anilines is 3. The summed E-state index contributed by atoms with van der Waals surface area (Å²) < 4.78 is 21.6. The number of rotatable bonds is 6. The third-order valence-electron chi connectivity index (χ3n) is 11.6. The fourth-order valence-electron chi connectivity index (χ4n) is 9.15. The number of hydrogen-bond acceptors (Lipinski definition) is 4. The zero-order valence-corrected chi connectivity index (χ0v) is 32.9. The standard InChI is InChI=1S/C50H35FN4SSi/c1-54-41-25-10-9-24-40(41)53-49(54)35-17-12-15-33(31-35)47(51)34-16-13-18-36(32-34)55-42-28-29-44-46(39-23-8-11-26-43(39)56-44)48(42)57(37-19-4-2-5-20-37,38-21-6-3-7-22-38)45-27-14-30-52-50(45)55/h2-32,47H,1H3. The van der Waals surface area contributed by atoms with Crippen molar-refractivity contribution in [3.8, 4) is 11.4 Å². The Morgan fingerprint density at radius 1 is 0.632 bits per heavy atom. The van der Waals surface area contributed by atoms with Gasteiger partial charge in [-0.25, -0.2) is 14.4 Å². The fourth-order valence-corrected chi connectivity index (χ4v) is 15.6. The maximum Gasteiger partial charge on any atom is 0.187 e. The molecule has 7 heteroatoms. The number of hydrogen-bond donors (Lipinski definition) is 0. The predicted molar refractivity (Wildman–Crippen MR) is 238 cm³/mol. The van der Waals surface area contributed by atoms with Crippen LogP contribution < -0.4 is 25.6 Å². The molecule has 0 radical (unpaired) electrons. The maximum atomic E-state index is 17.1. The zero-order valence-electron chi connectivity index (χ0n) is 31.1. The lowest BCUT2D eigenvalue weighted by Gasteiger charge is -2.44. The van der Waals surface area contributed by atoms with Crippen LogP contribution in [0.15, 0.2) is 188 Å². The molecule has 1 unspecified atom stereocenters. The lowest BCUT2D eigenvalue weighted by atomic mass is 9.99. The smallest absolute Gasteiger partial charge is 0.187 e. The highest BCUT2D eigenvalue weighted by atomic mass is 32.1. The zero-order chi connectivity index (χ0) is 38.1. The molecule has 11 rings (SSSR count). The molecule has 272 valence electrons. The molecule has 0 N–H and O–H groups in total. The lowest BCUT2D eigenvalue weighted by molar-refractivity contribution is 0.402. The van der Waals surface area contributed by atoms with Crippen molar-refractivity contribution in [1.29, 1.82) is 0 Å². The Morgan fingerprint density at radius 3 is 2.12 bits per heavy atom. The first kappa shape index (κ1) is 33.6. The third-order valence-corrected chi connectivity index (χ3v) is 17.6. The van der Waals surface area contributed by atoms with Crippen LogP contribution in [-0.4, -0.2) is 22.6 Å². The van der Waals surface area contributed by atoms with Gasteiger partial charge in [0.05, 0.1) is 11.0 Å². The number of para-hydroxylation sites is 2. The first-order valence-electron chi connectivity index (χ1n) is 19.2. The van der Waals surface area contributed by atoms with Gasteiger partial charge in [-0.3, -0.25) is 4.90 Å². The average Bonchev–Trinajstić information content (AvgIpc) is 3.83. The lowest BCUT2D eigenvalue weighted by Crippen LogP contribution is -2.77. The van der Waals surface area contributed by atoms with E-state index < -0.39 is 14.2 Å². The molecular formula is C50H35FN4SSi. The summed E-state index contributed by atoms with van der Waals surface area (Å²) in [6, 6.07) is 63.5. The topological polar surface area (TPSA) is 34.0 Å². The number of alkyl halides is 1. The van der Waals surface area contributed by atoms with Crippen molar-refractivity contribution in [2.45, 2.75) is 6.17 Å². The molecule has 0 bridgehead atoms. The summed E-state index contributed by atoms with van der Waals surface area (Å²) in [7, 11) is -1.01. The van der Waals surface area contributed by atoms with E-state index in [9.17, 15) is 0 Å². The molecule has 4 nitrogen and oxygen atoms in total. The van der Waals surface area contributed by atoms with Crippen LogP contribution in [0.25, 0.3) is 42.6 Å². The van der Waals surface area contributed by atoms with Crippen molar-refractivity contribution < 1.29 is 4.39 Å². The highest BCUT2D eigenvalue weighted by molar-refractivity contribution is 7.28. The number of benzene rings is 7. The minimum atomic E-state index is -3.02. The minimum Gasteiger partial charge on any atom is -0.327 e. The SMILES string of the molecule is Cn1c(-c2cccc(C(F)c3cccc(N4c5ccc6sc7ccccc7c6c5[Si](c5ccccc5)(c5ccccc5)c5cccnc54)c3)c2)nc2ccccc21. The molecule has 0 saturated heterocycles. The van der Waals surface area contributed by atoms with Gasteiger partial charge in [0.15, 0.2) is 14.2 Å². The molecule has 3 aromatic heterocycles. The van der Waals surface area contributed by atoms with Crippen molar-refractivity contribution in [2.75, 3.05) is 4.90 Å². The number of halogens is 1. The molecule has 57 heavy (non-hydrogen) atoms. The average molecular weight is 771 g/mol. The van der Waals surface area contributed by atoms with E-state index in [1.54, 1.807) is 0 Å². The van der Waals surface area contributed by atoms with Crippen LogP contribution in [0.5, 0.6) is 0 Å². The number of aryl methyl sites for hydroxylation is 1. The van der Waals surface area contributed by atoms with E-state index in [1.807, 2.05) is 85.2 Å². The number of aromatic nitrogens is 3. The van der Waals surface area contributed by atoms with E-state index in [2.05, 4.69) is 131 Å². The van der Waals surface area contributed by atoms with Gasteiger partial charge in [-0.2, -0.15) is 0 Å². The molecule has 0 saturated carbocycles. The third kappa shape index (κ3) is 5.09. The molecule has 0 aliphatic carbocycles. The molecule has 1 atom stereocenters. The van der Waals surface area contributed by atoms with Gasteiger partial charge in [-0.1, -0.05) is 127 Å². The molecular weight excluding hydrogens is 736 g/mol. The van der Waals surface area contributed by atoms with Gasteiger partial charge in [0.1, 0.15) is 11.6 Å². The van der Waals surface area contributed by atoms with Crippen LogP contribution in [-0.2, 0) is 7.05 Å². The molecule has 0 spiro atoms. The quantitative estimate of drug-likeness (QED) is 0.158. The second-order valence-corrected chi connectivity index (χ2v) is 19.5. The Kier molecular flexibility index (Phi) is 7.81. The number of thiophene rings is 1. The largest absolute Gasteiger partial charge is 0.327 e. The van der Waals surface area contributed by atoms with Crippen molar-refractivity contribution in [1.82, 2.24) is 14.5 Å². The van der Waals surface area contributed by atoms with Crippen molar-refractivity contribution >= 4 is 88.6 Å². The second-order valence-electron chi connectivity index (χ2n) is 14.7. The van der Waals surface area contributed by atoms with Crippen LogP contribution in [0, 0.1) is 0 Å². The Balaban J connectivity index is 1.13. The molecule has 10 aromatic rings. The number of pyridine rings is 1. The van der Waals surface area contributed by atoms with E-state index >= 15 is 4.39 Å². The van der Waals surface area contributed by atoms with Crippen LogP contribution in [0.1, 0.15) is 17.3 Å². The second kappa shape index (κ2) is 13.2.